The van der Waals surface area contributed by atoms with Gasteiger partial charge in [-0.15, -0.1) is 0 Å². The molecule has 0 bridgehead atoms. The van der Waals surface area contributed by atoms with Crippen LogP contribution in [0.4, 0.5) is 0 Å². The first-order chi connectivity index (χ1) is 10.2. The number of aliphatic hydroxyl groups excluding tert-OH is 1. The van der Waals surface area contributed by atoms with E-state index in [4.69, 9.17) is 5.11 Å². The summed E-state index contributed by atoms with van der Waals surface area (Å²) in [6, 6.07) is 8.23. The van der Waals surface area contributed by atoms with E-state index in [-0.39, 0.29) is 6.61 Å². The Kier molecular flexibility index (Phi) is 5.56. The highest BCUT2D eigenvalue weighted by molar-refractivity contribution is 5.36. The summed E-state index contributed by atoms with van der Waals surface area (Å²) in [4.78, 5) is 6.57. The first-order valence-electron chi connectivity index (χ1n) is 7.02. The third kappa shape index (κ3) is 4.75. The standard InChI is InChI=1S/C17H21N3O/c1-19(14-17-18-10-11-20(17)2)13-16-8-6-15(7-9-16)5-3-4-12-21/h6-11,21H,4,12-14H2,1-2H3. The maximum atomic E-state index is 8.70. The van der Waals surface area contributed by atoms with Crippen molar-refractivity contribution in [3.63, 3.8) is 0 Å². The SMILES string of the molecule is CN(Cc1ccc(C#CCCO)cc1)Cc1nccn1C. The van der Waals surface area contributed by atoms with E-state index in [9.17, 15) is 0 Å². The van der Waals surface area contributed by atoms with Gasteiger partial charge in [-0.2, -0.15) is 0 Å². The number of rotatable bonds is 5. The molecule has 0 spiro atoms. The summed E-state index contributed by atoms with van der Waals surface area (Å²) in [5, 5.41) is 8.70. The average Bonchev–Trinajstić information content (AvgIpc) is 2.86. The molecule has 0 amide bonds. The van der Waals surface area contributed by atoms with Crippen LogP contribution in [0.5, 0.6) is 0 Å². The highest BCUT2D eigenvalue weighted by Gasteiger charge is 2.05. The van der Waals surface area contributed by atoms with E-state index in [1.54, 1.807) is 0 Å². The Hall–Kier alpha value is -2.09. The lowest BCUT2D eigenvalue weighted by atomic mass is 10.1. The molecule has 0 saturated carbocycles. The lowest BCUT2D eigenvalue weighted by molar-refractivity contribution is 0.305. The molecule has 4 heteroatoms. The smallest absolute Gasteiger partial charge is 0.122 e. The van der Waals surface area contributed by atoms with Gasteiger partial charge in [0.15, 0.2) is 0 Å². The Morgan fingerprint density at radius 3 is 2.62 bits per heavy atom. The second-order valence-corrected chi connectivity index (χ2v) is 5.10. The fourth-order valence-electron chi connectivity index (χ4n) is 2.07. The van der Waals surface area contributed by atoms with Gasteiger partial charge in [0.1, 0.15) is 5.82 Å². The topological polar surface area (TPSA) is 41.3 Å². The molecule has 2 aromatic rings. The number of imidazole rings is 1. The fraction of sp³-hybridized carbons (Fsp3) is 0.353. The Morgan fingerprint density at radius 1 is 1.24 bits per heavy atom. The first-order valence-corrected chi connectivity index (χ1v) is 7.02. The van der Waals surface area contributed by atoms with Gasteiger partial charge in [0.2, 0.25) is 0 Å². The van der Waals surface area contributed by atoms with Gasteiger partial charge in [0.25, 0.3) is 0 Å². The zero-order valence-electron chi connectivity index (χ0n) is 12.6. The molecular formula is C17H21N3O. The van der Waals surface area contributed by atoms with Crippen LogP contribution in [-0.4, -0.2) is 33.2 Å². The van der Waals surface area contributed by atoms with Crippen molar-refractivity contribution < 1.29 is 5.11 Å². The molecule has 4 nitrogen and oxygen atoms in total. The summed E-state index contributed by atoms with van der Waals surface area (Å²) in [5.74, 6) is 7.02. The van der Waals surface area contributed by atoms with E-state index in [0.29, 0.717) is 6.42 Å². The number of hydrogen-bond donors (Lipinski definition) is 1. The van der Waals surface area contributed by atoms with Crippen molar-refractivity contribution in [2.45, 2.75) is 19.5 Å². The highest BCUT2D eigenvalue weighted by atomic mass is 16.2. The molecule has 0 radical (unpaired) electrons. The Balaban J connectivity index is 1.91. The maximum absolute atomic E-state index is 8.70. The van der Waals surface area contributed by atoms with Crippen molar-refractivity contribution in [2.75, 3.05) is 13.7 Å². The van der Waals surface area contributed by atoms with Crippen LogP contribution in [0.1, 0.15) is 23.4 Å². The summed E-state index contributed by atoms with van der Waals surface area (Å²) in [6.45, 7) is 1.81. The van der Waals surface area contributed by atoms with Crippen LogP contribution in [0.15, 0.2) is 36.7 Å². The third-order valence-electron chi connectivity index (χ3n) is 3.21. The van der Waals surface area contributed by atoms with E-state index in [0.717, 1.165) is 24.5 Å². The van der Waals surface area contributed by atoms with Gasteiger partial charge >= 0.3 is 0 Å². The molecule has 2 rings (SSSR count). The van der Waals surface area contributed by atoms with Crippen molar-refractivity contribution >= 4 is 0 Å². The van der Waals surface area contributed by atoms with Crippen molar-refractivity contribution in [2.24, 2.45) is 7.05 Å². The van der Waals surface area contributed by atoms with Crippen molar-refractivity contribution in [1.82, 2.24) is 14.5 Å². The normalized spacial score (nSPS) is 10.5. The van der Waals surface area contributed by atoms with Crippen molar-refractivity contribution in [3.8, 4) is 11.8 Å². The van der Waals surface area contributed by atoms with E-state index >= 15 is 0 Å². The second kappa shape index (κ2) is 7.63. The number of nitrogens with zero attached hydrogens (tertiary/aromatic N) is 3. The molecule has 1 aromatic heterocycles. The van der Waals surface area contributed by atoms with Gasteiger partial charge in [-0.05, 0) is 24.7 Å². The molecule has 0 unspecified atom stereocenters. The molecule has 0 aliphatic rings. The van der Waals surface area contributed by atoms with Crippen LogP contribution in [-0.2, 0) is 20.1 Å². The van der Waals surface area contributed by atoms with Crippen LogP contribution in [0.2, 0.25) is 0 Å². The summed E-state index contributed by atoms with van der Waals surface area (Å²) in [6.07, 6.45) is 4.31. The molecule has 1 aromatic carbocycles. The number of hydrogen-bond acceptors (Lipinski definition) is 3. The van der Waals surface area contributed by atoms with E-state index in [1.165, 1.54) is 5.56 Å². The molecule has 0 saturated heterocycles. The predicted octanol–water partition coefficient (Wildman–Crippen LogP) is 1.79. The van der Waals surface area contributed by atoms with Gasteiger partial charge in [-0.3, -0.25) is 4.90 Å². The zero-order valence-corrected chi connectivity index (χ0v) is 12.6. The van der Waals surface area contributed by atoms with E-state index < -0.39 is 0 Å². The molecule has 0 aliphatic carbocycles. The fourth-order valence-corrected chi connectivity index (χ4v) is 2.07. The van der Waals surface area contributed by atoms with Gasteiger partial charge < -0.3 is 9.67 Å². The molecule has 21 heavy (non-hydrogen) atoms. The lowest BCUT2D eigenvalue weighted by Crippen LogP contribution is -2.19. The average molecular weight is 283 g/mol. The molecule has 110 valence electrons. The zero-order chi connectivity index (χ0) is 15.1. The monoisotopic (exact) mass is 283 g/mol. The lowest BCUT2D eigenvalue weighted by Gasteiger charge is -2.16. The molecule has 0 atom stereocenters. The van der Waals surface area contributed by atoms with E-state index in [2.05, 4.69) is 40.9 Å². The quantitative estimate of drug-likeness (QED) is 0.851. The maximum Gasteiger partial charge on any atom is 0.122 e. The van der Waals surface area contributed by atoms with E-state index in [1.807, 2.05) is 36.1 Å². The Morgan fingerprint density at radius 2 is 2.00 bits per heavy atom. The highest BCUT2D eigenvalue weighted by Crippen LogP contribution is 2.08. The summed E-state index contributed by atoms with van der Waals surface area (Å²) < 4.78 is 2.04. The van der Waals surface area contributed by atoms with Gasteiger partial charge in [0, 0.05) is 38.0 Å². The largest absolute Gasteiger partial charge is 0.395 e. The second-order valence-electron chi connectivity index (χ2n) is 5.10. The minimum Gasteiger partial charge on any atom is -0.395 e. The van der Waals surface area contributed by atoms with Crippen LogP contribution in [0.3, 0.4) is 0 Å². The van der Waals surface area contributed by atoms with Gasteiger partial charge in [-0.25, -0.2) is 4.98 Å². The molecule has 0 fully saturated rings. The van der Waals surface area contributed by atoms with Crippen LogP contribution < -0.4 is 0 Å². The summed E-state index contributed by atoms with van der Waals surface area (Å²) in [5.41, 5.74) is 2.23. The van der Waals surface area contributed by atoms with Crippen LogP contribution >= 0.6 is 0 Å². The molecule has 1 N–H and O–H groups in total. The van der Waals surface area contributed by atoms with Gasteiger partial charge in [0.05, 0.1) is 13.2 Å². The Labute approximate surface area is 126 Å². The molecular weight excluding hydrogens is 262 g/mol. The number of aromatic nitrogens is 2. The minimum absolute atomic E-state index is 0.114. The summed E-state index contributed by atoms with van der Waals surface area (Å²) in [7, 11) is 4.10. The van der Waals surface area contributed by atoms with Crippen molar-refractivity contribution in [3.05, 3.63) is 53.6 Å². The van der Waals surface area contributed by atoms with Crippen LogP contribution in [0.25, 0.3) is 0 Å². The summed E-state index contributed by atoms with van der Waals surface area (Å²) >= 11 is 0. The number of benzene rings is 1. The van der Waals surface area contributed by atoms with Crippen LogP contribution in [0, 0.1) is 11.8 Å². The van der Waals surface area contributed by atoms with Gasteiger partial charge in [-0.1, -0.05) is 24.0 Å². The number of aryl methyl sites for hydroxylation is 1. The number of aliphatic hydroxyl groups is 1. The third-order valence-corrected chi connectivity index (χ3v) is 3.21. The van der Waals surface area contributed by atoms with Crippen molar-refractivity contribution in [1.29, 1.82) is 0 Å². The Bertz CT molecular complexity index is 619. The predicted molar refractivity (Wildman–Crippen MR) is 83.4 cm³/mol. The first kappa shape index (κ1) is 15.3. The minimum atomic E-state index is 0.114. The molecule has 1 heterocycles. The molecule has 0 aliphatic heterocycles.